The van der Waals surface area contributed by atoms with Crippen LogP contribution in [0.1, 0.15) is 30.0 Å². The zero-order valence-corrected chi connectivity index (χ0v) is 20.1. The van der Waals surface area contributed by atoms with Crippen molar-refractivity contribution in [1.29, 1.82) is 0 Å². The van der Waals surface area contributed by atoms with E-state index in [4.69, 9.17) is 15.6 Å². The second-order valence-corrected chi connectivity index (χ2v) is 9.29. The van der Waals surface area contributed by atoms with Crippen molar-refractivity contribution < 1.29 is 4.74 Å². The van der Waals surface area contributed by atoms with E-state index in [0.29, 0.717) is 5.82 Å². The predicted octanol–water partition coefficient (Wildman–Crippen LogP) is 5.99. The number of anilines is 1. The highest BCUT2D eigenvalue weighted by atomic mass is 16.5. The van der Waals surface area contributed by atoms with Crippen molar-refractivity contribution in [1.82, 2.24) is 20.1 Å². The number of para-hydroxylation sites is 1. The Morgan fingerprint density at radius 1 is 0.917 bits per heavy atom. The number of fused-ring (bicyclic) bond motifs is 1. The van der Waals surface area contributed by atoms with E-state index in [0.717, 1.165) is 71.6 Å². The Kier molecular flexibility index (Phi) is 6.10. The molecule has 3 aromatic carbocycles. The second kappa shape index (κ2) is 9.84. The van der Waals surface area contributed by atoms with Gasteiger partial charge < -0.3 is 15.8 Å². The first-order chi connectivity index (χ1) is 17.8. The molecule has 1 aliphatic heterocycles. The third-order valence-electron chi connectivity index (χ3n) is 6.79. The number of rotatable bonds is 6. The van der Waals surface area contributed by atoms with Crippen LogP contribution >= 0.6 is 0 Å². The molecule has 180 valence electrons. The minimum atomic E-state index is 0.270. The summed E-state index contributed by atoms with van der Waals surface area (Å²) in [4.78, 5) is 4.61. The highest BCUT2D eigenvalue weighted by Gasteiger charge is 2.25. The van der Waals surface area contributed by atoms with E-state index in [9.17, 15) is 0 Å². The van der Waals surface area contributed by atoms with Gasteiger partial charge >= 0.3 is 0 Å². The molecule has 3 heterocycles. The lowest BCUT2D eigenvalue weighted by atomic mass is 10.0. The smallest absolute Gasteiger partial charge is 0.135 e. The molecule has 1 saturated heterocycles. The molecule has 6 rings (SSSR count). The lowest BCUT2D eigenvalue weighted by Crippen LogP contribution is -2.32. The van der Waals surface area contributed by atoms with Crippen LogP contribution in [0.3, 0.4) is 0 Å². The summed E-state index contributed by atoms with van der Waals surface area (Å²) in [6, 6.07) is 28.6. The van der Waals surface area contributed by atoms with Crippen LogP contribution < -0.4 is 15.8 Å². The molecule has 0 spiro atoms. The predicted molar refractivity (Wildman–Crippen MR) is 144 cm³/mol. The number of benzene rings is 3. The molecule has 6 heteroatoms. The highest BCUT2D eigenvalue weighted by molar-refractivity contribution is 6.01. The first-order valence-electron chi connectivity index (χ1n) is 12.5. The number of hydrogen-bond donors (Lipinski definition) is 2. The van der Waals surface area contributed by atoms with Crippen molar-refractivity contribution in [3.63, 3.8) is 0 Å². The number of nitrogens with zero attached hydrogens (tertiary/aromatic N) is 3. The van der Waals surface area contributed by atoms with E-state index in [2.05, 4.69) is 39.2 Å². The average Bonchev–Trinajstić information content (AvgIpc) is 3.34. The Morgan fingerprint density at radius 2 is 1.64 bits per heavy atom. The van der Waals surface area contributed by atoms with Gasteiger partial charge in [-0.15, -0.1) is 0 Å². The van der Waals surface area contributed by atoms with Gasteiger partial charge in [0.2, 0.25) is 0 Å². The average molecular weight is 476 g/mol. The fourth-order valence-corrected chi connectivity index (χ4v) is 5.02. The van der Waals surface area contributed by atoms with E-state index in [1.165, 1.54) is 5.56 Å². The van der Waals surface area contributed by atoms with Gasteiger partial charge in [-0.25, -0.2) is 4.98 Å². The maximum Gasteiger partial charge on any atom is 0.135 e. The topological polar surface area (TPSA) is 78.0 Å². The lowest BCUT2D eigenvalue weighted by Gasteiger charge is -2.24. The number of ether oxygens (including phenoxy) is 1. The SMILES string of the molecule is Nc1ncc(Cc2ccccc2)c2c1c(-c1ccc(Oc3ccccc3)cc1)nn2C1CCCNC1. The van der Waals surface area contributed by atoms with Gasteiger partial charge in [-0.05, 0) is 61.3 Å². The van der Waals surface area contributed by atoms with Crippen LogP contribution in [0.25, 0.3) is 22.2 Å². The van der Waals surface area contributed by atoms with Gasteiger partial charge in [0.05, 0.1) is 16.9 Å². The van der Waals surface area contributed by atoms with Crippen molar-refractivity contribution in [2.45, 2.75) is 25.3 Å². The van der Waals surface area contributed by atoms with E-state index in [1.807, 2.05) is 66.9 Å². The molecule has 1 unspecified atom stereocenters. The van der Waals surface area contributed by atoms with Crippen LogP contribution in [0.2, 0.25) is 0 Å². The van der Waals surface area contributed by atoms with Crippen molar-refractivity contribution in [3.8, 4) is 22.8 Å². The van der Waals surface area contributed by atoms with Crippen molar-refractivity contribution in [2.24, 2.45) is 0 Å². The van der Waals surface area contributed by atoms with Gasteiger partial charge in [-0.1, -0.05) is 48.5 Å². The first-order valence-corrected chi connectivity index (χ1v) is 12.5. The van der Waals surface area contributed by atoms with E-state index in [-0.39, 0.29) is 6.04 Å². The molecule has 1 fully saturated rings. The molecule has 0 aliphatic carbocycles. The number of pyridine rings is 1. The summed E-state index contributed by atoms with van der Waals surface area (Å²) in [5, 5.41) is 9.64. The number of nitrogens with two attached hydrogens (primary N) is 1. The van der Waals surface area contributed by atoms with Gasteiger partial charge in [0, 0.05) is 30.3 Å². The molecule has 0 amide bonds. The van der Waals surface area contributed by atoms with E-state index < -0.39 is 0 Å². The largest absolute Gasteiger partial charge is 0.457 e. The molecular weight excluding hydrogens is 446 g/mol. The normalized spacial score (nSPS) is 15.7. The number of piperidine rings is 1. The van der Waals surface area contributed by atoms with E-state index >= 15 is 0 Å². The van der Waals surface area contributed by atoms with Gasteiger partial charge in [-0.2, -0.15) is 5.10 Å². The van der Waals surface area contributed by atoms with Crippen molar-refractivity contribution in [3.05, 3.63) is 102 Å². The summed E-state index contributed by atoms with van der Waals surface area (Å²) in [5.41, 5.74) is 11.8. The quantitative estimate of drug-likeness (QED) is 0.315. The monoisotopic (exact) mass is 475 g/mol. The summed E-state index contributed by atoms with van der Waals surface area (Å²) in [7, 11) is 0. The van der Waals surface area contributed by atoms with E-state index in [1.54, 1.807) is 0 Å². The fourth-order valence-electron chi connectivity index (χ4n) is 5.02. The summed E-state index contributed by atoms with van der Waals surface area (Å²) >= 11 is 0. The molecule has 0 saturated carbocycles. The molecule has 36 heavy (non-hydrogen) atoms. The number of hydrogen-bond acceptors (Lipinski definition) is 5. The van der Waals surface area contributed by atoms with Gasteiger partial charge in [-0.3, -0.25) is 4.68 Å². The second-order valence-electron chi connectivity index (χ2n) is 9.29. The summed E-state index contributed by atoms with van der Waals surface area (Å²) in [6.07, 6.45) is 4.90. The maximum atomic E-state index is 6.53. The molecule has 2 aromatic heterocycles. The number of aromatic nitrogens is 3. The minimum absolute atomic E-state index is 0.270. The van der Waals surface area contributed by atoms with Crippen LogP contribution in [0.5, 0.6) is 11.5 Å². The zero-order valence-electron chi connectivity index (χ0n) is 20.1. The Bertz CT molecular complexity index is 1460. The Labute approximate surface area is 210 Å². The number of nitrogen functional groups attached to an aromatic ring is 1. The molecule has 1 atom stereocenters. The third kappa shape index (κ3) is 4.43. The molecule has 0 radical (unpaired) electrons. The van der Waals surface area contributed by atoms with Gasteiger partial charge in [0.25, 0.3) is 0 Å². The molecule has 6 nitrogen and oxygen atoms in total. The Hall–Kier alpha value is -4.16. The third-order valence-corrected chi connectivity index (χ3v) is 6.79. The number of nitrogens with one attached hydrogen (secondary N) is 1. The Balaban J connectivity index is 1.44. The van der Waals surface area contributed by atoms with Crippen molar-refractivity contribution >= 4 is 16.7 Å². The Morgan fingerprint density at radius 3 is 2.36 bits per heavy atom. The van der Waals surface area contributed by atoms with Gasteiger partial charge in [0.15, 0.2) is 0 Å². The fraction of sp³-hybridized carbons (Fsp3) is 0.200. The van der Waals surface area contributed by atoms with Crippen LogP contribution in [0.4, 0.5) is 5.82 Å². The van der Waals surface area contributed by atoms with Crippen LogP contribution in [-0.2, 0) is 6.42 Å². The van der Waals surface area contributed by atoms with Crippen LogP contribution in [0, 0.1) is 0 Å². The summed E-state index contributed by atoms with van der Waals surface area (Å²) in [5.74, 6) is 2.10. The first kappa shape index (κ1) is 22.3. The summed E-state index contributed by atoms with van der Waals surface area (Å²) in [6.45, 7) is 1.94. The molecule has 5 aromatic rings. The maximum absolute atomic E-state index is 6.53. The van der Waals surface area contributed by atoms with Crippen molar-refractivity contribution in [2.75, 3.05) is 18.8 Å². The lowest BCUT2D eigenvalue weighted by molar-refractivity contribution is 0.355. The van der Waals surface area contributed by atoms with Gasteiger partial charge in [0.1, 0.15) is 23.0 Å². The standard InChI is InChI=1S/C30H29N5O/c31-30-27-28(22-13-15-26(16-14-22)36-25-11-5-2-6-12-25)34-35(24-10-7-17-32-20-24)29(27)23(19-33-30)18-21-8-3-1-4-9-21/h1-6,8-9,11-16,19,24,32H,7,10,17-18,20H2,(H2,31,33). The molecular formula is C30H29N5O. The van der Waals surface area contributed by atoms with Crippen LogP contribution in [0.15, 0.2) is 91.1 Å². The minimum Gasteiger partial charge on any atom is -0.457 e. The van der Waals surface area contributed by atoms with Crippen LogP contribution in [-0.4, -0.2) is 27.9 Å². The molecule has 1 aliphatic rings. The highest BCUT2D eigenvalue weighted by Crippen LogP contribution is 2.37. The summed E-state index contributed by atoms with van der Waals surface area (Å²) < 4.78 is 8.19. The zero-order chi connectivity index (χ0) is 24.3. The molecule has 0 bridgehead atoms. The molecule has 3 N–H and O–H groups in total.